The van der Waals surface area contributed by atoms with Crippen molar-refractivity contribution in [3.8, 4) is 16.4 Å². The topological polar surface area (TPSA) is 80.0 Å². The zero-order chi connectivity index (χ0) is 19.0. The average molecular weight is 399 g/mol. The smallest absolute Gasteiger partial charge is 0.243 e. The lowest BCUT2D eigenvalue weighted by Crippen LogP contribution is -2.20. The fraction of sp³-hybridized carbons (Fsp3) is 0.211. The van der Waals surface area contributed by atoms with Gasteiger partial charge in [0.15, 0.2) is 0 Å². The standard InChI is InChI=1S/C19H18N4O2S2/c1-11-4-3-5-16-18(11)20-19(27-16)23-15(13-6-7-26-10-13)9-14(21-23)12(2)8-17(24)22-25/h3-7,9-10,12,25H,8H2,1-2H3,(H,22,24). The summed E-state index contributed by atoms with van der Waals surface area (Å²) in [5.41, 5.74) is 6.60. The Bertz CT molecular complexity index is 1100. The van der Waals surface area contributed by atoms with Crippen LogP contribution in [0.4, 0.5) is 0 Å². The molecule has 27 heavy (non-hydrogen) atoms. The molecule has 4 rings (SSSR count). The number of para-hydroxylation sites is 1. The first-order chi connectivity index (χ1) is 13.1. The number of carbonyl (C=O) groups excluding carboxylic acids is 1. The molecule has 4 aromatic rings. The van der Waals surface area contributed by atoms with E-state index in [1.165, 1.54) is 0 Å². The van der Waals surface area contributed by atoms with Gasteiger partial charge >= 0.3 is 0 Å². The number of hydroxylamine groups is 1. The average Bonchev–Trinajstić information content (AvgIpc) is 3.39. The summed E-state index contributed by atoms with van der Waals surface area (Å²) in [7, 11) is 0. The highest BCUT2D eigenvalue weighted by atomic mass is 32.1. The van der Waals surface area contributed by atoms with E-state index in [2.05, 4.69) is 24.4 Å². The van der Waals surface area contributed by atoms with Gasteiger partial charge in [-0.1, -0.05) is 30.4 Å². The van der Waals surface area contributed by atoms with E-state index in [1.54, 1.807) is 28.2 Å². The van der Waals surface area contributed by atoms with Gasteiger partial charge in [0.1, 0.15) is 0 Å². The van der Waals surface area contributed by atoms with E-state index >= 15 is 0 Å². The third kappa shape index (κ3) is 3.39. The lowest BCUT2D eigenvalue weighted by molar-refractivity contribution is -0.129. The van der Waals surface area contributed by atoms with Crippen LogP contribution in [0.1, 0.15) is 30.5 Å². The number of thiophene rings is 1. The first kappa shape index (κ1) is 17.8. The number of carbonyl (C=O) groups is 1. The number of nitrogens with zero attached hydrogens (tertiary/aromatic N) is 3. The minimum Gasteiger partial charge on any atom is -0.289 e. The molecule has 0 fully saturated rings. The second kappa shape index (κ2) is 7.22. The van der Waals surface area contributed by atoms with E-state index in [0.29, 0.717) is 0 Å². The van der Waals surface area contributed by atoms with Gasteiger partial charge < -0.3 is 0 Å². The molecular formula is C19H18N4O2S2. The van der Waals surface area contributed by atoms with Crippen molar-refractivity contribution in [2.75, 3.05) is 0 Å². The van der Waals surface area contributed by atoms with Crippen LogP contribution >= 0.6 is 22.7 Å². The van der Waals surface area contributed by atoms with Crippen molar-refractivity contribution in [3.63, 3.8) is 0 Å². The van der Waals surface area contributed by atoms with E-state index < -0.39 is 5.91 Å². The fourth-order valence-electron chi connectivity index (χ4n) is 3.00. The highest BCUT2D eigenvalue weighted by Crippen LogP contribution is 2.33. The lowest BCUT2D eigenvalue weighted by Gasteiger charge is -2.05. The van der Waals surface area contributed by atoms with Crippen LogP contribution in [0.2, 0.25) is 0 Å². The maximum Gasteiger partial charge on any atom is 0.243 e. The Balaban J connectivity index is 1.82. The summed E-state index contributed by atoms with van der Waals surface area (Å²) < 4.78 is 2.97. The number of aryl methyl sites for hydroxylation is 1. The first-order valence-corrected chi connectivity index (χ1v) is 10.2. The zero-order valence-corrected chi connectivity index (χ0v) is 16.5. The van der Waals surface area contributed by atoms with Gasteiger partial charge in [0.2, 0.25) is 11.0 Å². The molecule has 0 aliphatic carbocycles. The Morgan fingerprint density at radius 2 is 2.22 bits per heavy atom. The van der Waals surface area contributed by atoms with Crippen molar-refractivity contribution >= 4 is 38.8 Å². The molecule has 8 heteroatoms. The summed E-state index contributed by atoms with van der Waals surface area (Å²) >= 11 is 3.22. The van der Waals surface area contributed by atoms with Gasteiger partial charge in [-0.25, -0.2) is 15.1 Å². The minimum atomic E-state index is -0.426. The maximum atomic E-state index is 11.5. The number of benzene rings is 1. The minimum absolute atomic E-state index is 0.132. The summed E-state index contributed by atoms with van der Waals surface area (Å²) in [5, 5.41) is 18.4. The third-order valence-corrected chi connectivity index (χ3v) is 6.14. The van der Waals surface area contributed by atoms with E-state index in [4.69, 9.17) is 15.3 Å². The van der Waals surface area contributed by atoms with Gasteiger partial charge in [0, 0.05) is 23.3 Å². The molecule has 1 unspecified atom stereocenters. The number of fused-ring (bicyclic) bond motifs is 1. The molecule has 0 aliphatic rings. The van der Waals surface area contributed by atoms with Crippen LogP contribution in [0.15, 0.2) is 41.1 Å². The second-order valence-electron chi connectivity index (χ2n) is 6.44. The summed E-state index contributed by atoms with van der Waals surface area (Å²) in [6.07, 6.45) is 0.162. The highest BCUT2D eigenvalue weighted by molar-refractivity contribution is 7.20. The van der Waals surface area contributed by atoms with Crippen molar-refractivity contribution < 1.29 is 10.0 Å². The third-order valence-electron chi connectivity index (χ3n) is 4.46. The molecule has 0 bridgehead atoms. The number of aromatic nitrogens is 3. The van der Waals surface area contributed by atoms with Gasteiger partial charge in [0.25, 0.3) is 0 Å². The molecule has 1 amide bonds. The Morgan fingerprint density at radius 3 is 2.93 bits per heavy atom. The number of amides is 1. The van der Waals surface area contributed by atoms with Gasteiger partial charge in [-0.2, -0.15) is 16.4 Å². The van der Waals surface area contributed by atoms with E-state index in [9.17, 15) is 4.79 Å². The van der Waals surface area contributed by atoms with Crippen molar-refractivity contribution in [2.45, 2.75) is 26.2 Å². The number of hydrogen-bond acceptors (Lipinski definition) is 6. The Hall–Kier alpha value is -2.55. The second-order valence-corrected chi connectivity index (χ2v) is 8.23. The van der Waals surface area contributed by atoms with Crippen molar-refractivity contribution in [1.82, 2.24) is 20.2 Å². The Morgan fingerprint density at radius 1 is 1.37 bits per heavy atom. The largest absolute Gasteiger partial charge is 0.289 e. The summed E-state index contributed by atoms with van der Waals surface area (Å²) in [4.78, 5) is 16.3. The predicted molar refractivity (Wildman–Crippen MR) is 108 cm³/mol. The maximum absolute atomic E-state index is 11.5. The van der Waals surface area contributed by atoms with Gasteiger partial charge in [0.05, 0.1) is 21.6 Å². The molecule has 3 heterocycles. The molecule has 0 radical (unpaired) electrons. The van der Waals surface area contributed by atoms with Crippen LogP contribution in [0.5, 0.6) is 0 Å². The number of rotatable bonds is 5. The van der Waals surface area contributed by atoms with E-state index in [0.717, 1.165) is 37.9 Å². The van der Waals surface area contributed by atoms with Crippen LogP contribution in [-0.4, -0.2) is 25.9 Å². The molecule has 0 saturated carbocycles. The fourth-order valence-corrected chi connectivity index (χ4v) is 4.65. The van der Waals surface area contributed by atoms with E-state index in [1.807, 2.05) is 35.2 Å². The number of hydrogen-bond donors (Lipinski definition) is 2. The molecular weight excluding hydrogens is 380 g/mol. The van der Waals surface area contributed by atoms with Crippen LogP contribution in [0, 0.1) is 6.92 Å². The molecule has 0 spiro atoms. The van der Waals surface area contributed by atoms with Crippen LogP contribution in [0.25, 0.3) is 26.6 Å². The quantitative estimate of drug-likeness (QED) is 0.383. The molecule has 0 saturated heterocycles. The van der Waals surface area contributed by atoms with Crippen molar-refractivity contribution in [3.05, 3.63) is 52.3 Å². The SMILES string of the molecule is Cc1cccc2sc(-n3nc(C(C)CC(=O)NO)cc3-c3ccsc3)nc12. The van der Waals surface area contributed by atoms with Gasteiger partial charge in [-0.3, -0.25) is 10.0 Å². The molecule has 138 valence electrons. The number of thiazole rings is 1. The van der Waals surface area contributed by atoms with Gasteiger partial charge in [-0.15, -0.1) is 0 Å². The molecule has 3 aromatic heterocycles. The monoisotopic (exact) mass is 398 g/mol. The van der Waals surface area contributed by atoms with Crippen molar-refractivity contribution in [1.29, 1.82) is 0 Å². The van der Waals surface area contributed by atoms with Crippen LogP contribution in [0.3, 0.4) is 0 Å². The molecule has 0 aliphatic heterocycles. The van der Waals surface area contributed by atoms with Crippen molar-refractivity contribution in [2.24, 2.45) is 0 Å². The zero-order valence-electron chi connectivity index (χ0n) is 14.8. The van der Waals surface area contributed by atoms with E-state index in [-0.39, 0.29) is 12.3 Å². The Labute approximate surface area is 164 Å². The van der Waals surface area contributed by atoms with Crippen LogP contribution < -0.4 is 5.48 Å². The normalized spacial score (nSPS) is 12.4. The summed E-state index contributed by atoms with van der Waals surface area (Å²) in [6, 6.07) is 10.2. The lowest BCUT2D eigenvalue weighted by atomic mass is 10.0. The molecule has 1 aromatic carbocycles. The van der Waals surface area contributed by atoms with Gasteiger partial charge in [-0.05, 0) is 36.1 Å². The summed E-state index contributed by atoms with van der Waals surface area (Å²) in [5.74, 6) is -0.559. The Kier molecular flexibility index (Phi) is 4.77. The molecule has 6 nitrogen and oxygen atoms in total. The summed E-state index contributed by atoms with van der Waals surface area (Å²) in [6.45, 7) is 3.97. The number of nitrogens with one attached hydrogen (secondary N) is 1. The molecule has 2 N–H and O–H groups in total. The predicted octanol–water partition coefficient (Wildman–Crippen LogP) is 4.52. The molecule has 1 atom stereocenters. The highest BCUT2D eigenvalue weighted by Gasteiger charge is 2.20. The van der Waals surface area contributed by atoms with Crippen LogP contribution in [-0.2, 0) is 4.79 Å². The first-order valence-electron chi connectivity index (χ1n) is 8.49.